The summed E-state index contributed by atoms with van der Waals surface area (Å²) in [4.78, 5) is 3.94. The van der Waals surface area contributed by atoms with E-state index in [1.54, 1.807) is 18.5 Å². The van der Waals surface area contributed by atoms with Gasteiger partial charge in [-0.3, -0.25) is 4.98 Å². The SMILES string of the molecule is N/C(=N/O)c1cc(F)cc(CNCc2ccncc2)c1. The van der Waals surface area contributed by atoms with E-state index in [-0.39, 0.29) is 5.84 Å². The van der Waals surface area contributed by atoms with Crippen molar-refractivity contribution in [3.05, 3.63) is 65.2 Å². The molecule has 20 heavy (non-hydrogen) atoms. The van der Waals surface area contributed by atoms with Gasteiger partial charge < -0.3 is 16.3 Å². The van der Waals surface area contributed by atoms with Crippen molar-refractivity contribution < 1.29 is 9.60 Å². The average Bonchev–Trinajstić information content (AvgIpc) is 2.47. The number of oxime groups is 1. The van der Waals surface area contributed by atoms with Gasteiger partial charge in [0.2, 0.25) is 0 Å². The van der Waals surface area contributed by atoms with Crippen LogP contribution in [0.4, 0.5) is 4.39 Å². The van der Waals surface area contributed by atoms with Gasteiger partial charge in [-0.2, -0.15) is 0 Å². The maximum Gasteiger partial charge on any atom is 0.170 e. The van der Waals surface area contributed by atoms with E-state index in [4.69, 9.17) is 10.9 Å². The summed E-state index contributed by atoms with van der Waals surface area (Å²) in [6, 6.07) is 8.12. The summed E-state index contributed by atoms with van der Waals surface area (Å²) >= 11 is 0. The number of pyridine rings is 1. The Morgan fingerprint density at radius 2 is 1.90 bits per heavy atom. The molecule has 6 heteroatoms. The molecule has 5 nitrogen and oxygen atoms in total. The second kappa shape index (κ2) is 6.63. The standard InChI is InChI=1S/C14H15FN4O/c15-13-6-11(5-12(7-13)14(16)19-20)9-18-8-10-1-3-17-4-2-10/h1-7,18,20H,8-9H2,(H2,16,19). The maximum atomic E-state index is 13.4. The molecule has 0 saturated carbocycles. The van der Waals surface area contributed by atoms with Crippen LogP contribution in [-0.2, 0) is 13.1 Å². The first kappa shape index (κ1) is 14.0. The Morgan fingerprint density at radius 1 is 1.20 bits per heavy atom. The van der Waals surface area contributed by atoms with E-state index in [2.05, 4.69) is 15.5 Å². The smallest absolute Gasteiger partial charge is 0.170 e. The summed E-state index contributed by atoms with van der Waals surface area (Å²) in [6.07, 6.45) is 3.44. The fourth-order valence-electron chi connectivity index (χ4n) is 1.81. The molecule has 0 radical (unpaired) electrons. The highest BCUT2D eigenvalue weighted by Gasteiger charge is 2.04. The molecular formula is C14H15FN4O. The minimum absolute atomic E-state index is 0.111. The van der Waals surface area contributed by atoms with Crippen LogP contribution in [0, 0.1) is 5.82 Å². The van der Waals surface area contributed by atoms with E-state index in [9.17, 15) is 4.39 Å². The first-order valence-corrected chi connectivity index (χ1v) is 6.06. The predicted octanol–water partition coefficient (Wildman–Crippen LogP) is 1.60. The molecular weight excluding hydrogens is 259 g/mol. The number of benzene rings is 1. The zero-order valence-corrected chi connectivity index (χ0v) is 10.8. The van der Waals surface area contributed by atoms with Crippen molar-refractivity contribution in [1.82, 2.24) is 10.3 Å². The van der Waals surface area contributed by atoms with Gasteiger partial charge >= 0.3 is 0 Å². The third kappa shape index (κ3) is 3.76. The summed E-state index contributed by atoms with van der Waals surface area (Å²) in [5, 5.41) is 14.7. The molecule has 0 bridgehead atoms. The molecule has 0 unspecified atom stereocenters. The monoisotopic (exact) mass is 274 g/mol. The van der Waals surface area contributed by atoms with E-state index in [0.717, 1.165) is 11.1 Å². The number of halogens is 1. The Bertz CT molecular complexity index is 601. The van der Waals surface area contributed by atoms with Gasteiger partial charge in [0.15, 0.2) is 5.84 Å². The van der Waals surface area contributed by atoms with Crippen LogP contribution in [0.25, 0.3) is 0 Å². The van der Waals surface area contributed by atoms with Crippen molar-refractivity contribution in [3.8, 4) is 0 Å². The molecule has 2 aromatic rings. The molecule has 0 aliphatic heterocycles. The lowest BCUT2D eigenvalue weighted by molar-refractivity contribution is 0.318. The van der Waals surface area contributed by atoms with E-state index < -0.39 is 5.82 Å². The van der Waals surface area contributed by atoms with Gasteiger partial charge in [-0.05, 0) is 41.5 Å². The Morgan fingerprint density at radius 3 is 2.60 bits per heavy atom. The van der Waals surface area contributed by atoms with Crippen molar-refractivity contribution in [1.29, 1.82) is 0 Å². The van der Waals surface area contributed by atoms with Crippen molar-refractivity contribution in [2.24, 2.45) is 10.9 Å². The molecule has 2 rings (SSSR count). The molecule has 0 amide bonds. The first-order chi connectivity index (χ1) is 9.69. The molecule has 0 fully saturated rings. The van der Waals surface area contributed by atoms with Crippen molar-refractivity contribution in [2.45, 2.75) is 13.1 Å². The van der Waals surface area contributed by atoms with Crippen LogP contribution in [0.1, 0.15) is 16.7 Å². The third-order valence-electron chi connectivity index (χ3n) is 2.77. The lowest BCUT2D eigenvalue weighted by Gasteiger charge is -2.07. The molecule has 4 N–H and O–H groups in total. The second-order valence-electron chi connectivity index (χ2n) is 4.29. The molecule has 104 valence electrons. The topological polar surface area (TPSA) is 83.5 Å². The number of aromatic nitrogens is 1. The Balaban J connectivity index is 2.01. The van der Waals surface area contributed by atoms with Gasteiger partial charge in [0.05, 0.1) is 0 Å². The number of rotatable bonds is 5. The maximum absolute atomic E-state index is 13.4. The zero-order chi connectivity index (χ0) is 14.4. The van der Waals surface area contributed by atoms with Crippen LogP contribution in [0.2, 0.25) is 0 Å². The Kier molecular flexibility index (Phi) is 4.62. The lowest BCUT2D eigenvalue weighted by Crippen LogP contribution is -2.16. The summed E-state index contributed by atoms with van der Waals surface area (Å²) in [5.74, 6) is -0.533. The summed E-state index contributed by atoms with van der Waals surface area (Å²) in [6.45, 7) is 1.13. The Labute approximate surface area is 116 Å². The molecule has 0 saturated heterocycles. The minimum Gasteiger partial charge on any atom is -0.409 e. The number of hydrogen-bond donors (Lipinski definition) is 3. The highest BCUT2D eigenvalue weighted by molar-refractivity contribution is 5.97. The summed E-state index contributed by atoms with van der Waals surface area (Å²) in [5.41, 5.74) is 7.63. The average molecular weight is 274 g/mol. The highest BCUT2D eigenvalue weighted by atomic mass is 19.1. The van der Waals surface area contributed by atoms with Crippen LogP contribution in [0.5, 0.6) is 0 Å². The molecule has 1 aromatic carbocycles. The summed E-state index contributed by atoms with van der Waals surface area (Å²) in [7, 11) is 0. The van der Waals surface area contributed by atoms with Crippen LogP contribution < -0.4 is 11.1 Å². The molecule has 0 aliphatic carbocycles. The fraction of sp³-hybridized carbons (Fsp3) is 0.143. The van der Waals surface area contributed by atoms with Gasteiger partial charge in [-0.1, -0.05) is 5.16 Å². The number of hydrogen-bond acceptors (Lipinski definition) is 4. The van der Waals surface area contributed by atoms with Gasteiger partial charge in [0, 0.05) is 31.0 Å². The fourth-order valence-corrected chi connectivity index (χ4v) is 1.81. The van der Waals surface area contributed by atoms with Gasteiger partial charge in [0.1, 0.15) is 5.82 Å². The number of nitrogens with one attached hydrogen (secondary N) is 1. The Hall–Kier alpha value is -2.47. The quantitative estimate of drug-likeness (QED) is 0.335. The lowest BCUT2D eigenvalue weighted by atomic mass is 10.1. The second-order valence-corrected chi connectivity index (χ2v) is 4.29. The third-order valence-corrected chi connectivity index (χ3v) is 2.77. The van der Waals surface area contributed by atoms with E-state index in [1.807, 2.05) is 12.1 Å². The van der Waals surface area contributed by atoms with Gasteiger partial charge in [-0.25, -0.2) is 4.39 Å². The predicted molar refractivity (Wildman–Crippen MR) is 73.7 cm³/mol. The van der Waals surface area contributed by atoms with Crippen LogP contribution in [-0.4, -0.2) is 16.0 Å². The minimum atomic E-state index is -0.421. The number of nitrogens with zero attached hydrogens (tertiary/aromatic N) is 2. The largest absolute Gasteiger partial charge is 0.409 e. The van der Waals surface area contributed by atoms with Crippen LogP contribution >= 0.6 is 0 Å². The zero-order valence-electron chi connectivity index (χ0n) is 10.8. The molecule has 0 aliphatic rings. The van der Waals surface area contributed by atoms with E-state index in [0.29, 0.717) is 18.7 Å². The van der Waals surface area contributed by atoms with Gasteiger partial charge in [-0.15, -0.1) is 0 Å². The molecule has 0 atom stereocenters. The number of amidine groups is 1. The molecule has 1 heterocycles. The normalized spacial score (nSPS) is 11.6. The van der Waals surface area contributed by atoms with Crippen molar-refractivity contribution >= 4 is 5.84 Å². The highest BCUT2D eigenvalue weighted by Crippen LogP contribution is 2.09. The van der Waals surface area contributed by atoms with Crippen LogP contribution in [0.15, 0.2) is 47.9 Å². The molecule has 0 spiro atoms. The van der Waals surface area contributed by atoms with Gasteiger partial charge in [0.25, 0.3) is 0 Å². The number of nitrogens with two attached hydrogens (primary N) is 1. The van der Waals surface area contributed by atoms with Crippen molar-refractivity contribution in [3.63, 3.8) is 0 Å². The summed E-state index contributed by atoms with van der Waals surface area (Å²) < 4.78 is 13.4. The first-order valence-electron chi connectivity index (χ1n) is 6.06. The van der Waals surface area contributed by atoms with Crippen molar-refractivity contribution in [2.75, 3.05) is 0 Å². The van der Waals surface area contributed by atoms with E-state index >= 15 is 0 Å². The van der Waals surface area contributed by atoms with E-state index in [1.165, 1.54) is 12.1 Å². The van der Waals surface area contributed by atoms with Crippen LogP contribution in [0.3, 0.4) is 0 Å². The molecule has 1 aromatic heterocycles.